The molecule has 4 nitrogen and oxygen atoms in total. The van der Waals surface area contributed by atoms with E-state index in [1.165, 1.54) is 11.1 Å². The van der Waals surface area contributed by atoms with E-state index in [-0.39, 0.29) is 11.8 Å². The molecule has 3 rings (SSSR count). The summed E-state index contributed by atoms with van der Waals surface area (Å²) in [5.41, 5.74) is 2.68. The highest BCUT2D eigenvalue weighted by Gasteiger charge is 2.26. The summed E-state index contributed by atoms with van der Waals surface area (Å²) in [6.45, 7) is 0.453. The molecule has 0 aromatic heterocycles. The van der Waals surface area contributed by atoms with Crippen molar-refractivity contribution >= 4 is 10.1 Å². The van der Waals surface area contributed by atoms with Crippen LogP contribution in [0.5, 0.6) is 5.75 Å². The fourth-order valence-electron chi connectivity index (χ4n) is 3.07. The topological polar surface area (TPSA) is 46.6 Å². The lowest BCUT2D eigenvalue weighted by atomic mass is 10.1. The van der Waals surface area contributed by atoms with Crippen LogP contribution in [0.25, 0.3) is 0 Å². The zero-order valence-electron chi connectivity index (χ0n) is 13.2. The maximum atomic E-state index is 12.1. The molecule has 0 saturated heterocycles. The minimum absolute atomic E-state index is 0.0168. The summed E-state index contributed by atoms with van der Waals surface area (Å²) in [6.07, 6.45) is 2.09. The largest absolute Gasteiger partial charge is 0.382 e. The van der Waals surface area contributed by atoms with E-state index in [2.05, 4.69) is 23.1 Å². The number of aryl methyl sites for hydroxylation is 1. The summed E-state index contributed by atoms with van der Waals surface area (Å²) in [5, 5.41) is 0. The van der Waals surface area contributed by atoms with E-state index in [0.29, 0.717) is 12.3 Å². The number of hydrogen-bond acceptors (Lipinski definition) is 4. The van der Waals surface area contributed by atoms with Gasteiger partial charge in [0.25, 0.3) is 0 Å². The van der Waals surface area contributed by atoms with Crippen LogP contribution in [0.2, 0.25) is 0 Å². The Balaban J connectivity index is 1.60. The van der Waals surface area contributed by atoms with E-state index < -0.39 is 10.1 Å². The highest BCUT2D eigenvalue weighted by Crippen LogP contribution is 2.34. The maximum absolute atomic E-state index is 12.1. The summed E-state index contributed by atoms with van der Waals surface area (Å²) in [7, 11) is -1.60. The maximum Gasteiger partial charge on any atom is 0.310 e. The summed E-state index contributed by atoms with van der Waals surface area (Å²) < 4.78 is 29.4. The van der Waals surface area contributed by atoms with Gasteiger partial charge in [-0.15, -0.1) is 0 Å². The first-order chi connectivity index (χ1) is 11.1. The van der Waals surface area contributed by atoms with Crippen LogP contribution >= 0.6 is 0 Å². The molecule has 0 aliphatic heterocycles. The van der Waals surface area contributed by atoms with Crippen molar-refractivity contribution in [3.8, 4) is 5.75 Å². The van der Waals surface area contributed by atoms with Gasteiger partial charge in [0.1, 0.15) is 5.75 Å². The normalized spacial score (nSPS) is 17.2. The lowest BCUT2D eigenvalue weighted by molar-refractivity contribution is 0.256. The molecule has 1 atom stereocenters. The Morgan fingerprint density at radius 3 is 2.57 bits per heavy atom. The molecule has 1 aliphatic carbocycles. The quantitative estimate of drug-likeness (QED) is 0.764. The Labute approximate surface area is 137 Å². The fraction of sp³-hybridized carbons (Fsp3) is 0.333. The molecular formula is C18H21NO3S. The number of para-hydroxylation sites is 1. The predicted octanol–water partition coefficient (Wildman–Crippen LogP) is 3.01. The number of nitrogens with zero attached hydrogens (tertiary/aromatic N) is 1. The molecule has 0 spiro atoms. The van der Waals surface area contributed by atoms with Gasteiger partial charge >= 0.3 is 10.1 Å². The summed E-state index contributed by atoms with van der Waals surface area (Å²) in [6, 6.07) is 17.3. The number of rotatable bonds is 6. The minimum atomic E-state index is -3.58. The lowest BCUT2D eigenvalue weighted by Gasteiger charge is -2.25. The Bertz CT molecular complexity index is 759. The van der Waals surface area contributed by atoms with Crippen LogP contribution in [0.1, 0.15) is 23.6 Å². The molecule has 122 valence electrons. The second-order valence-electron chi connectivity index (χ2n) is 5.89. The van der Waals surface area contributed by atoms with Gasteiger partial charge in [0, 0.05) is 12.6 Å². The van der Waals surface area contributed by atoms with Gasteiger partial charge < -0.3 is 4.18 Å². The van der Waals surface area contributed by atoms with Crippen molar-refractivity contribution in [1.82, 2.24) is 4.90 Å². The molecule has 0 amide bonds. The smallest absolute Gasteiger partial charge is 0.310 e. The van der Waals surface area contributed by atoms with Gasteiger partial charge in [0.2, 0.25) is 0 Å². The van der Waals surface area contributed by atoms with Crippen molar-refractivity contribution in [2.45, 2.75) is 18.9 Å². The molecule has 0 saturated carbocycles. The lowest BCUT2D eigenvalue weighted by Crippen LogP contribution is -2.30. The Hall–Kier alpha value is -1.85. The molecule has 2 aromatic carbocycles. The molecule has 0 fully saturated rings. The van der Waals surface area contributed by atoms with Crippen molar-refractivity contribution in [3.05, 3.63) is 65.7 Å². The fourth-order valence-corrected chi connectivity index (χ4v) is 4.07. The van der Waals surface area contributed by atoms with Crippen molar-refractivity contribution in [1.29, 1.82) is 0 Å². The second kappa shape index (κ2) is 6.72. The molecule has 23 heavy (non-hydrogen) atoms. The van der Waals surface area contributed by atoms with E-state index >= 15 is 0 Å². The molecule has 0 unspecified atom stereocenters. The van der Waals surface area contributed by atoms with Gasteiger partial charge in [-0.1, -0.05) is 42.5 Å². The number of hydrogen-bond donors (Lipinski definition) is 0. The molecule has 1 aliphatic rings. The molecular weight excluding hydrogens is 310 g/mol. The predicted molar refractivity (Wildman–Crippen MR) is 91.0 cm³/mol. The zero-order chi connectivity index (χ0) is 16.3. The zero-order valence-corrected chi connectivity index (χ0v) is 14.0. The van der Waals surface area contributed by atoms with E-state index in [1.807, 2.05) is 19.2 Å². The third-order valence-electron chi connectivity index (χ3n) is 4.29. The van der Waals surface area contributed by atoms with Crippen LogP contribution < -0.4 is 4.18 Å². The monoisotopic (exact) mass is 331 g/mol. The van der Waals surface area contributed by atoms with Crippen molar-refractivity contribution in [3.63, 3.8) is 0 Å². The van der Waals surface area contributed by atoms with E-state index in [4.69, 9.17) is 4.18 Å². The highest BCUT2D eigenvalue weighted by molar-refractivity contribution is 7.87. The van der Waals surface area contributed by atoms with Crippen LogP contribution in [0.15, 0.2) is 54.6 Å². The van der Waals surface area contributed by atoms with Crippen molar-refractivity contribution in [2.24, 2.45) is 0 Å². The Morgan fingerprint density at radius 1 is 1.09 bits per heavy atom. The standard InChI is InChI=1S/C18H21NO3S/c1-19(18-12-11-15-7-5-6-10-17(15)18)13-14-23(20,21)22-16-8-3-2-4-9-16/h2-10,18H,11-14H2,1H3/t18-/m0/s1. The van der Waals surface area contributed by atoms with E-state index in [9.17, 15) is 8.42 Å². The summed E-state index contributed by atoms with van der Waals surface area (Å²) in [4.78, 5) is 2.11. The molecule has 0 N–H and O–H groups in total. The van der Waals surface area contributed by atoms with Crippen molar-refractivity contribution < 1.29 is 12.6 Å². The Kier molecular flexibility index (Phi) is 4.68. The van der Waals surface area contributed by atoms with Gasteiger partial charge in [-0.3, -0.25) is 4.90 Å². The first-order valence-electron chi connectivity index (χ1n) is 7.80. The number of benzene rings is 2. The Morgan fingerprint density at radius 2 is 1.78 bits per heavy atom. The van der Waals surface area contributed by atoms with Crippen LogP contribution in [0.4, 0.5) is 0 Å². The summed E-state index contributed by atoms with van der Waals surface area (Å²) in [5.74, 6) is 0.346. The first kappa shape index (κ1) is 16.0. The molecule has 0 heterocycles. The molecule has 0 radical (unpaired) electrons. The van der Waals surface area contributed by atoms with Gasteiger partial charge in [0.15, 0.2) is 0 Å². The summed E-state index contributed by atoms with van der Waals surface area (Å²) >= 11 is 0. The van der Waals surface area contributed by atoms with E-state index in [1.54, 1.807) is 24.3 Å². The van der Waals surface area contributed by atoms with Crippen LogP contribution in [-0.2, 0) is 16.5 Å². The highest BCUT2D eigenvalue weighted by atomic mass is 32.2. The molecule has 5 heteroatoms. The molecule has 2 aromatic rings. The van der Waals surface area contributed by atoms with Crippen molar-refractivity contribution in [2.75, 3.05) is 19.3 Å². The number of fused-ring (bicyclic) bond motifs is 1. The van der Waals surface area contributed by atoms with Crippen LogP contribution in [0.3, 0.4) is 0 Å². The van der Waals surface area contributed by atoms with E-state index in [0.717, 1.165) is 12.8 Å². The van der Waals surface area contributed by atoms with Gasteiger partial charge in [-0.25, -0.2) is 0 Å². The third kappa shape index (κ3) is 3.92. The second-order valence-corrected chi connectivity index (χ2v) is 7.58. The minimum Gasteiger partial charge on any atom is -0.382 e. The average molecular weight is 331 g/mol. The first-order valence-corrected chi connectivity index (χ1v) is 9.38. The van der Waals surface area contributed by atoms with Gasteiger partial charge in [-0.2, -0.15) is 8.42 Å². The van der Waals surface area contributed by atoms with Crippen LogP contribution in [0, 0.1) is 0 Å². The average Bonchev–Trinajstić information content (AvgIpc) is 2.97. The molecule has 0 bridgehead atoms. The van der Waals surface area contributed by atoms with Gasteiger partial charge in [0.05, 0.1) is 5.75 Å². The SMILES string of the molecule is CN(CCS(=O)(=O)Oc1ccccc1)[C@H]1CCc2ccccc21. The van der Waals surface area contributed by atoms with Crippen LogP contribution in [-0.4, -0.2) is 32.7 Å². The van der Waals surface area contributed by atoms with Gasteiger partial charge in [-0.05, 0) is 43.1 Å². The third-order valence-corrected chi connectivity index (χ3v) is 5.42.